The Morgan fingerprint density at radius 3 is 2.19 bits per heavy atom. The second-order valence-corrected chi connectivity index (χ2v) is 16.0. The van der Waals surface area contributed by atoms with Crippen molar-refractivity contribution < 1.29 is 4.43 Å². The quantitative estimate of drug-likeness (QED) is 0.494. The standard InChI is InChI=1S/C11H30N2OSi2/c1-15(2,3)11-14-16(4,5)10-6-8-13-9-7-12/h13H,6-12H2,1-5H3. The third kappa shape index (κ3) is 10.8. The number of nitrogens with one attached hydrogen (secondary N) is 1. The van der Waals surface area contributed by atoms with Gasteiger partial charge in [-0.05, 0) is 32.1 Å². The van der Waals surface area contributed by atoms with Crippen molar-refractivity contribution in [2.75, 3.05) is 25.9 Å². The van der Waals surface area contributed by atoms with E-state index in [2.05, 4.69) is 38.1 Å². The molecule has 0 saturated carbocycles. The lowest BCUT2D eigenvalue weighted by Crippen LogP contribution is -2.39. The van der Waals surface area contributed by atoms with E-state index in [4.69, 9.17) is 10.2 Å². The molecule has 0 aromatic heterocycles. The fourth-order valence-corrected chi connectivity index (χ4v) is 5.82. The molecule has 0 amide bonds. The fraction of sp³-hybridized carbons (Fsp3) is 1.00. The molecule has 0 rings (SSSR count). The van der Waals surface area contributed by atoms with E-state index in [9.17, 15) is 0 Å². The van der Waals surface area contributed by atoms with Crippen molar-refractivity contribution in [3.05, 3.63) is 0 Å². The number of nitrogens with two attached hydrogens (primary N) is 1. The third-order valence-electron chi connectivity index (χ3n) is 2.35. The number of hydrogen-bond donors (Lipinski definition) is 2. The molecular weight excluding hydrogens is 232 g/mol. The number of hydrogen-bond acceptors (Lipinski definition) is 3. The highest BCUT2D eigenvalue weighted by atomic mass is 28.4. The van der Waals surface area contributed by atoms with Crippen molar-refractivity contribution in [3.63, 3.8) is 0 Å². The lowest BCUT2D eigenvalue weighted by Gasteiger charge is -2.27. The molecule has 0 aromatic carbocycles. The Hall–Kier alpha value is 0.314. The minimum absolute atomic E-state index is 0.729. The van der Waals surface area contributed by atoms with Crippen LogP contribution in [0.3, 0.4) is 0 Å². The van der Waals surface area contributed by atoms with Gasteiger partial charge in [-0.15, -0.1) is 0 Å². The van der Waals surface area contributed by atoms with Crippen LogP contribution in [0.5, 0.6) is 0 Å². The average Bonchev–Trinajstić information content (AvgIpc) is 2.14. The molecule has 16 heavy (non-hydrogen) atoms. The minimum Gasteiger partial charge on any atom is -0.421 e. The highest BCUT2D eigenvalue weighted by molar-refractivity contribution is 6.78. The molecule has 98 valence electrons. The average molecular weight is 263 g/mol. The van der Waals surface area contributed by atoms with Gasteiger partial charge in [0.05, 0.1) is 8.07 Å². The zero-order chi connectivity index (χ0) is 12.7. The van der Waals surface area contributed by atoms with E-state index in [1.807, 2.05) is 0 Å². The van der Waals surface area contributed by atoms with Gasteiger partial charge in [0.1, 0.15) is 0 Å². The summed E-state index contributed by atoms with van der Waals surface area (Å²) in [6, 6.07) is 1.25. The van der Waals surface area contributed by atoms with E-state index in [1.165, 1.54) is 12.5 Å². The van der Waals surface area contributed by atoms with E-state index in [0.717, 1.165) is 25.9 Å². The predicted molar refractivity (Wildman–Crippen MR) is 78.1 cm³/mol. The summed E-state index contributed by atoms with van der Waals surface area (Å²) >= 11 is 0. The Labute approximate surface area is 103 Å². The van der Waals surface area contributed by atoms with Gasteiger partial charge in [-0.25, -0.2) is 0 Å². The predicted octanol–water partition coefficient (Wildman–Crippen LogP) is 2.02. The first-order valence-electron chi connectivity index (χ1n) is 6.32. The molecule has 0 atom stereocenters. The lowest BCUT2D eigenvalue weighted by atomic mass is 10.5. The van der Waals surface area contributed by atoms with Crippen LogP contribution in [0.25, 0.3) is 0 Å². The summed E-state index contributed by atoms with van der Waals surface area (Å²) in [7, 11) is -2.46. The minimum atomic E-state index is -1.41. The summed E-state index contributed by atoms with van der Waals surface area (Å²) < 4.78 is 6.15. The zero-order valence-electron chi connectivity index (χ0n) is 11.7. The third-order valence-corrected chi connectivity index (χ3v) is 6.13. The topological polar surface area (TPSA) is 47.3 Å². The van der Waals surface area contributed by atoms with Gasteiger partial charge in [0.15, 0.2) is 8.32 Å². The van der Waals surface area contributed by atoms with Crippen LogP contribution in [-0.2, 0) is 4.43 Å². The van der Waals surface area contributed by atoms with Crippen LogP contribution in [0.15, 0.2) is 0 Å². The molecule has 0 spiro atoms. The first-order valence-corrected chi connectivity index (χ1v) is 13.1. The molecule has 0 radical (unpaired) electrons. The van der Waals surface area contributed by atoms with Crippen molar-refractivity contribution in [2.45, 2.75) is 45.2 Å². The Bertz CT molecular complexity index is 181. The van der Waals surface area contributed by atoms with Gasteiger partial charge in [0.25, 0.3) is 0 Å². The van der Waals surface area contributed by atoms with E-state index in [0.29, 0.717) is 0 Å². The fourth-order valence-electron chi connectivity index (χ4n) is 1.35. The second-order valence-electron chi connectivity index (χ2n) is 6.25. The van der Waals surface area contributed by atoms with Gasteiger partial charge in [-0.1, -0.05) is 19.6 Å². The summed E-state index contributed by atoms with van der Waals surface area (Å²) in [4.78, 5) is 0. The molecular formula is C11H30N2OSi2. The maximum atomic E-state index is 6.15. The van der Waals surface area contributed by atoms with Crippen LogP contribution < -0.4 is 11.1 Å². The van der Waals surface area contributed by atoms with Gasteiger partial charge in [-0.3, -0.25) is 0 Å². The van der Waals surface area contributed by atoms with Crippen LogP contribution in [0, 0.1) is 0 Å². The van der Waals surface area contributed by atoms with Crippen molar-refractivity contribution in [2.24, 2.45) is 5.73 Å². The summed E-state index contributed by atoms with van der Waals surface area (Å²) in [6.07, 6.45) is 2.23. The van der Waals surface area contributed by atoms with Crippen LogP contribution >= 0.6 is 0 Å². The largest absolute Gasteiger partial charge is 0.421 e. The van der Waals surface area contributed by atoms with Crippen molar-refractivity contribution in [1.29, 1.82) is 0 Å². The van der Waals surface area contributed by atoms with Gasteiger partial charge in [0.2, 0.25) is 0 Å². The Morgan fingerprint density at radius 2 is 1.69 bits per heavy atom. The molecule has 0 fully saturated rings. The van der Waals surface area contributed by atoms with Crippen LogP contribution in [-0.4, -0.2) is 42.3 Å². The second kappa shape index (κ2) is 7.60. The Morgan fingerprint density at radius 1 is 1.06 bits per heavy atom. The van der Waals surface area contributed by atoms with Gasteiger partial charge in [-0.2, -0.15) is 0 Å². The molecule has 0 aromatic rings. The summed E-state index contributed by atoms with van der Waals surface area (Å²) in [5.41, 5.74) is 5.42. The maximum absolute atomic E-state index is 6.15. The Balaban J connectivity index is 3.62. The number of rotatable bonds is 9. The Kier molecular flexibility index (Phi) is 7.75. The van der Waals surface area contributed by atoms with Gasteiger partial charge < -0.3 is 15.5 Å². The highest BCUT2D eigenvalue weighted by Gasteiger charge is 2.25. The molecule has 0 heterocycles. The maximum Gasteiger partial charge on any atom is 0.186 e. The molecule has 0 saturated heterocycles. The van der Waals surface area contributed by atoms with Crippen LogP contribution in [0.1, 0.15) is 6.42 Å². The smallest absolute Gasteiger partial charge is 0.186 e. The summed E-state index contributed by atoms with van der Waals surface area (Å²) in [6.45, 7) is 14.5. The van der Waals surface area contributed by atoms with Crippen molar-refractivity contribution in [3.8, 4) is 0 Å². The molecule has 3 N–H and O–H groups in total. The van der Waals surface area contributed by atoms with Crippen LogP contribution in [0.4, 0.5) is 0 Å². The highest BCUT2D eigenvalue weighted by Crippen LogP contribution is 2.15. The summed E-state index contributed by atoms with van der Waals surface area (Å²) in [5.74, 6) is 0. The first kappa shape index (κ1) is 16.3. The first-order chi connectivity index (χ1) is 7.27. The van der Waals surface area contributed by atoms with E-state index in [1.54, 1.807) is 0 Å². The molecule has 5 heteroatoms. The summed E-state index contributed by atoms with van der Waals surface area (Å²) in [5, 5.41) is 3.33. The zero-order valence-corrected chi connectivity index (χ0v) is 13.7. The SMILES string of the molecule is C[Si](C)(C)CO[Si](C)(C)CCCNCCN. The molecule has 0 unspecified atom stereocenters. The monoisotopic (exact) mass is 262 g/mol. The van der Waals surface area contributed by atoms with E-state index < -0.39 is 16.4 Å². The van der Waals surface area contributed by atoms with E-state index in [-0.39, 0.29) is 0 Å². The van der Waals surface area contributed by atoms with Gasteiger partial charge in [0, 0.05) is 19.3 Å². The lowest BCUT2D eigenvalue weighted by molar-refractivity contribution is 0.365. The molecule has 0 aliphatic rings. The van der Waals surface area contributed by atoms with Crippen molar-refractivity contribution in [1.82, 2.24) is 5.32 Å². The molecule has 0 aliphatic carbocycles. The van der Waals surface area contributed by atoms with Crippen molar-refractivity contribution >= 4 is 16.4 Å². The normalized spacial score (nSPS) is 13.1. The van der Waals surface area contributed by atoms with Crippen LogP contribution in [0.2, 0.25) is 38.8 Å². The molecule has 3 nitrogen and oxygen atoms in total. The molecule has 0 bridgehead atoms. The molecule has 0 aliphatic heterocycles. The van der Waals surface area contributed by atoms with E-state index >= 15 is 0 Å². The van der Waals surface area contributed by atoms with Gasteiger partial charge >= 0.3 is 0 Å².